The Bertz CT molecular complexity index is 702. The van der Waals surface area contributed by atoms with Crippen LogP contribution in [0.3, 0.4) is 0 Å². The second-order valence-corrected chi connectivity index (χ2v) is 6.88. The van der Waals surface area contributed by atoms with Crippen molar-refractivity contribution in [2.45, 2.75) is 64.3 Å². The highest BCUT2D eigenvalue weighted by molar-refractivity contribution is 5.41. The van der Waals surface area contributed by atoms with Crippen LogP contribution in [0.2, 0.25) is 0 Å². The van der Waals surface area contributed by atoms with E-state index in [1.54, 1.807) is 16.8 Å². The van der Waals surface area contributed by atoms with E-state index in [9.17, 15) is 0 Å². The maximum absolute atomic E-state index is 4.08. The first kappa shape index (κ1) is 13.9. The minimum Gasteiger partial charge on any atom is -0.343 e. The first-order chi connectivity index (χ1) is 10.8. The van der Waals surface area contributed by atoms with E-state index in [-0.39, 0.29) is 0 Å². The highest BCUT2D eigenvalue weighted by atomic mass is 15.1. The lowest BCUT2D eigenvalue weighted by Gasteiger charge is -2.22. The molecule has 2 nitrogen and oxygen atoms in total. The molecule has 0 saturated carbocycles. The van der Waals surface area contributed by atoms with Crippen LogP contribution in [0.25, 0.3) is 6.20 Å². The molecule has 22 heavy (non-hydrogen) atoms. The van der Waals surface area contributed by atoms with Crippen molar-refractivity contribution < 1.29 is 0 Å². The molecule has 2 aliphatic carbocycles. The second-order valence-electron chi connectivity index (χ2n) is 6.88. The van der Waals surface area contributed by atoms with Crippen molar-refractivity contribution in [2.24, 2.45) is 0 Å². The van der Waals surface area contributed by atoms with E-state index in [0.717, 1.165) is 0 Å². The second kappa shape index (κ2) is 5.49. The fourth-order valence-corrected chi connectivity index (χ4v) is 4.44. The Labute approximate surface area is 133 Å². The monoisotopic (exact) mass is 294 g/mol. The van der Waals surface area contributed by atoms with Gasteiger partial charge in [-0.05, 0) is 81.5 Å². The molecule has 2 aromatic heterocycles. The number of hydrogen-bond donors (Lipinski definition) is 0. The van der Waals surface area contributed by atoms with E-state index in [0.29, 0.717) is 6.04 Å². The highest BCUT2D eigenvalue weighted by Gasteiger charge is 2.23. The van der Waals surface area contributed by atoms with Gasteiger partial charge in [-0.2, -0.15) is 0 Å². The number of nitrogens with zero attached hydrogens (tertiary/aromatic N) is 2. The number of aryl methyl sites for hydroxylation is 2. The summed E-state index contributed by atoms with van der Waals surface area (Å²) in [6.45, 7) is 6.42. The van der Waals surface area contributed by atoms with Crippen molar-refractivity contribution in [1.29, 1.82) is 0 Å². The molecule has 2 aromatic rings. The lowest BCUT2D eigenvalue weighted by Crippen LogP contribution is -2.15. The molecule has 0 bridgehead atoms. The summed E-state index contributed by atoms with van der Waals surface area (Å²) in [5.74, 6) is 0. The maximum Gasteiger partial charge on any atom is 0.0709 e. The van der Waals surface area contributed by atoms with E-state index >= 15 is 0 Å². The van der Waals surface area contributed by atoms with Crippen LogP contribution in [0.5, 0.6) is 0 Å². The molecule has 0 spiro atoms. The van der Waals surface area contributed by atoms with Crippen LogP contribution in [0.1, 0.15) is 66.9 Å². The van der Waals surface area contributed by atoms with Gasteiger partial charge in [-0.1, -0.05) is 6.58 Å². The summed E-state index contributed by atoms with van der Waals surface area (Å²) in [6, 6.07) is 5.17. The van der Waals surface area contributed by atoms with Crippen LogP contribution in [0, 0.1) is 0 Å². The summed E-state index contributed by atoms with van der Waals surface area (Å²) >= 11 is 0. The van der Waals surface area contributed by atoms with Crippen LogP contribution in [0.4, 0.5) is 0 Å². The van der Waals surface area contributed by atoms with Crippen LogP contribution >= 0.6 is 0 Å². The highest BCUT2D eigenvalue weighted by Crippen LogP contribution is 2.32. The zero-order chi connectivity index (χ0) is 15.1. The summed E-state index contributed by atoms with van der Waals surface area (Å²) in [5.41, 5.74) is 7.59. The lowest BCUT2D eigenvalue weighted by molar-refractivity contribution is 0.556. The number of rotatable bonds is 3. The van der Waals surface area contributed by atoms with Gasteiger partial charge in [0.25, 0.3) is 0 Å². The van der Waals surface area contributed by atoms with Gasteiger partial charge in [0.05, 0.1) is 6.04 Å². The molecule has 0 N–H and O–H groups in total. The van der Waals surface area contributed by atoms with Crippen LogP contribution in [0.15, 0.2) is 24.9 Å². The molecular weight excluding hydrogens is 268 g/mol. The molecule has 1 atom stereocenters. The minimum atomic E-state index is 0.394. The van der Waals surface area contributed by atoms with Gasteiger partial charge in [0.2, 0.25) is 0 Å². The van der Waals surface area contributed by atoms with E-state index in [4.69, 9.17) is 0 Å². The zero-order valence-corrected chi connectivity index (χ0v) is 13.6. The number of fused-ring (bicyclic) bond motifs is 2. The van der Waals surface area contributed by atoms with Crippen molar-refractivity contribution >= 4 is 6.20 Å². The molecule has 4 rings (SSSR count). The SMILES string of the molecule is C=Cn1c([C@H](C)n2ccc3c2CCCC3)cc2c1CCCC2. The topological polar surface area (TPSA) is 9.86 Å². The normalized spacial score (nSPS) is 18.6. The van der Waals surface area contributed by atoms with Gasteiger partial charge in [0.15, 0.2) is 0 Å². The number of aromatic nitrogens is 2. The van der Waals surface area contributed by atoms with E-state index < -0.39 is 0 Å². The molecule has 0 radical (unpaired) electrons. The summed E-state index contributed by atoms with van der Waals surface area (Å²) in [6.07, 6.45) is 14.6. The van der Waals surface area contributed by atoms with Gasteiger partial charge in [0, 0.05) is 29.5 Å². The Balaban J connectivity index is 1.77. The molecule has 2 heterocycles. The quantitative estimate of drug-likeness (QED) is 0.772. The number of hydrogen-bond acceptors (Lipinski definition) is 0. The molecule has 0 aliphatic heterocycles. The van der Waals surface area contributed by atoms with E-state index in [1.165, 1.54) is 62.8 Å². The average Bonchev–Trinajstić information content (AvgIpc) is 3.15. The third kappa shape index (κ3) is 2.08. The lowest BCUT2D eigenvalue weighted by atomic mass is 9.97. The van der Waals surface area contributed by atoms with Gasteiger partial charge in [-0.25, -0.2) is 0 Å². The molecule has 0 saturated heterocycles. The van der Waals surface area contributed by atoms with Crippen molar-refractivity contribution in [2.75, 3.05) is 0 Å². The average molecular weight is 294 g/mol. The summed E-state index contributed by atoms with van der Waals surface area (Å²) in [5, 5.41) is 0. The molecule has 0 unspecified atom stereocenters. The first-order valence-corrected chi connectivity index (χ1v) is 8.83. The minimum absolute atomic E-state index is 0.394. The van der Waals surface area contributed by atoms with Crippen molar-refractivity contribution in [1.82, 2.24) is 9.13 Å². The van der Waals surface area contributed by atoms with E-state index in [1.807, 2.05) is 6.20 Å². The van der Waals surface area contributed by atoms with Gasteiger partial charge in [-0.3, -0.25) is 0 Å². The largest absolute Gasteiger partial charge is 0.343 e. The van der Waals surface area contributed by atoms with Gasteiger partial charge in [-0.15, -0.1) is 0 Å². The fraction of sp³-hybridized carbons (Fsp3) is 0.500. The Hall–Kier alpha value is -1.70. The smallest absolute Gasteiger partial charge is 0.0709 e. The van der Waals surface area contributed by atoms with Gasteiger partial charge >= 0.3 is 0 Å². The third-order valence-corrected chi connectivity index (χ3v) is 5.63. The Morgan fingerprint density at radius 1 is 1.00 bits per heavy atom. The maximum atomic E-state index is 4.08. The standard InChI is InChI=1S/C20H26N2/c1-3-21-19-11-7-5-9-17(19)14-20(21)15(2)22-13-12-16-8-4-6-10-18(16)22/h3,12-15H,1,4-11H2,2H3/t15-/m0/s1. The molecule has 2 heteroatoms. The Morgan fingerprint density at radius 2 is 1.68 bits per heavy atom. The third-order valence-electron chi connectivity index (χ3n) is 5.63. The van der Waals surface area contributed by atoms with Crippen LogP contribution < -0.4 is 0 Å². The molecule has 2 aliphatic rings. The van der Waals surface area contributed by atoms with Gasteiger partial charge in [0.1, 0.15) is 0 Å². The van der Waals surface area contributed by atoms with E-state index in [2.05, 4.69) is 41.0 Å². The summed E-state index contributed by atoms with van der Waals surface area (Å²) in [4.78, 5) is 0. The van der Waals surface area contributed by atoms with Crippen molar-refractivity contribution in [3.8, 4) is 0 Å². The predicted molar refractivity (Wildman–Crippen MR) is 92.3 cm³/mol. The zero-order valence-electron chi connectivity index (χ0n) is 13.6. The van der Waals surface area contributed by atoms with Crippen molar-refractivity contribution in [3.05, 3.63) is 53.1 Å². The predicted octanol–water partition coefficient (Wildman–Crippen LogP) is 4.76. The van der Waals surface area contributed by atoms with Crippen molar-refractivity contribution in [3.63, 3.8) is 0 Å². The van der Waals surface area contributed by atoms with Crippen LogP contribution in [-0.4, -0.2) is 9.13 Å². The fourth-order valence-electron chi connectivity index (χ4n) is 4.44. The summed E-state index contributed by atoms with van der Waals surface area (Å²) < 4.78 is 4.88. The van der Waals surface area contributed by atoms with Crippen LogP contribution in [-0.2, 0) is 25.7 Å². The Kier molecular flexibility index (Phi) is 3.48. The van der Waals surface area contributed by atoms with Gasteiger partial charge < -0.3 is 9.13 Å². The molecule has 0 amide bonds. The molecular formula is C20H26N2. The molecule has 0 aromatic carbocycles. The summed E-state index contributed by atoms with van der Waals surface area (Å²) in [7, 11) is 0. The molecule has 116 valence electrons. The molecule has 0 fully saturated rings. The Morgan fingerprint density at radius 3 is 2.45 bits per heavy atom. The first-order valence-electron chi connectivity index (χ1n) is 8.83.